The fourth-order valence-electron chi connectivity index (χ4n) is 7.26. The van der Waals surface area contributed by atoms with E-state index < -0.39 is 39.2 Å². The average Bonchev–Trinajstić information content (AvgIpc) is 3.12. The summed E-state index contributed by atoms with van der Waals surface area (Å²) in [7, 11) is 1.77. The second-order valence-corrected chi connectivity index (χ2v) is 19.6. The zero-order valence-electron chi connectivity index (χ0n) is 34.7. The molecule has 17 heteroatoms. The van der Waals surface area contributed by atoms with Gasteiger partial charge in [-0.1, -0.05) is 35.3 Å². The molecule has 3 heterocycles. The SMILES string of the molecule is Cc1cc(C)c2cccc(OCc3c(Cl)ccc(S(=O)(=O)NC4(C(=O)N5CCN(C(=O)[C@H](CCC[N+](C)(C)C)NC(=O)OC(C)(C)C)CC5)CCOCC4)c3Cl)c2n1. The molecule has 0 spiro atoms. The van der Waals surface area contributed by atoms with Crippen molar-refractivity contribution in [1.29, 1.82) is 0 Å². The number of fused-ring (bicyclic) bond motifs is 1. The second kappa shape index (κ2) is 18.3. The van der Waals surface area contributed by atoms with Gasteiger partial charge in [-0.05, 0) is 90.1 Å². The van der Waals surface area contributed by atoms with Crippen LogP contribution in [0.25, 0.3) is 10.9 Å². The van der Waals surface area contributed by atoms with E-state index in [1.807, 2.05) is 32.0 Å². The number of nitrogens with zero attached hydrogens (tertiary/aromatic N) is 4. The summed E-state index contributed by atoms with van der Waals surface area (Å²) in [5.74, 6) is -0.188. The van der Waals surface area contributed by atoms with Crippen LogP contribution in [0, 0.1) is 13.8 Å². The van der Waals surface area contributed by atoms with E-state index in [0.717, 1.165) is 23.2 Å². The van der Waals surface area contributed by atoms with Gasteiger partial charge < -0.3 is 33.8 Å². The van der Waals surface area contributed by atoms with Crippen molar-refractivity contribution in [2.75, 3.05) is 67.1 Å². The molecule has 318 valence electrons. The number of alkyl carbamates (subject to hydrolysis) is 1. The lowest BCUT2D eigenvalue weighted by Crippen LogP contribution is -2.65. The van der Waals surface area contributed by atoms with Gasteiger partial charge in [-0.15, -0.1) is 0 Å². The van der Waals surface area contributed by atoms with Crippen LogP contribution in [0.3, 0.4) is 0 Å². The number of aromatic nitrogens is 1. The standard InChI is InChI=1S/C41H56Cl2N6O8S/c1-27-25-28(2)44-36-29(27)11-9-13-33(36)56-26-30-31(42)14-15-34(35(30)43)58(53,54)46-41(16-23-55-24-17-41)38(51)48-20-18-47(19-21-48)37(50)32(12-10-22-49(6,7)8)45-39(52)57-40(3,4)5/h9,11,13-15,25,32,46H,10,12,16-24,26H2,1-8H3/p+1/t32-/m0/s1. The Hall–Kier alpha value is -3.73. The van der Waals surface area contributed by atoms with Crippen molar-refractivity contribution in [3.05, 3.63) is 63.3 Å². The molecule has 2 aliphatic rings. The van der Waals surface area contributed by atoms with Crippen LogP contribution in [0.5, 0.6) is 5.75 Å². The predicted octanol–water partition coefficient (Wildman–Crippen LogP) is 5.62. The van der Waals surface area contributed by atoms with Gasteiger partial charge in [-0.2, -0.15) is 4.72 Å². The lowest BCUT2D eigenvalue weighted by atomic mass is 9.89. The third kappa shape index (κ3) is 11.3. The largest absolute Gasteiger partial charge is 0.487 e. The number of quaternary nitrogens is 1. The summed E-state index contributed by atoms with van der Waals surface area (Å²) >= 11 is 13.4. The van der Waals surface area contributed by atoms with Gasteiger partial charge in [0.15, 0.2) is 0 Å². The van der Waals surface area contributed by atoms with Crippen LogP contribution in [-0.4, -0.2) is 130 Å². The lowest BCUT2D eigenvalue weighted by Gasteiger charge is -2.43. The van der Waals surface area contributed by atoms with Crippen molar-refractivity contribution in [3.63, 3.8) is 0 Å². The fraction of sp³-hybridized carbons (Fsp3) is 0.561. The molecule has 2 fully saturated rings. The van der Waals surface area contributed by atoms with Gasteiger partial charge in [0.2, 0.25) is 21.8 Å². The third-order valence-electron chi connectivity index (χ3n) is 10.2. The van der Waals surface area contributed by atoms with E-state index in [1.54, 1.807) is 36.6 Å². The first-order valence-corrected chi connectivity index (χ1v) is 21.8. The number of halogens is 2. The molecule has 0 aliphatic carbocycles. The number of para-hydroxylation sites is 1. The van der Waals surface area contributed by atoms with E-state index >= 15 is 0 Å². The highest BCUT2D eigenvalue weighted by molar-refractivity contribution is 7.89. The van der Waals surface area contributed by atoms with Crippen molar-refractivity contribution >= 4 is 62.0 Å². The molecule has 5 rings (SSSR count). The summed E-state index contributed by atoms with van der Waals surface area (Å²) in [6.07, 6.45) is 0.607. The number of amides is 3. The van der Waals surface area contributed by atoms with Gasteiger partial charge in [0, 0.05) is 61.1 Å². The summed E-state index contributed by atoms with van der Waals surface area (Å²) in [5.41, 5.74) is 0.522. The molecule has 0 saturated carbocycles. The molecule has 2 saturated heterocycles. The second-order valence-electron chi connectivity index (χ2n) is 17.1. The van der Waals surface area contributed by atoms with Crippen LogP contribution in [0.1, 0.15) is 63.3 Å². The highest BCUT2D eigenvalue weighted by Gasteiger charge is 2.47. The Morgan fingerprint density at radius 2 is 1.66 bits per heavy atom. The minimum absolute atomic E-state index is 0.0898. The molecule has 0 bridgehead atoms. The Morgan fingerprint density at radius 1 is 1.00 bits per heavy atom. The van der Waals surface area contributed by atoms with E-state index in [0.29, 0.717) is 28.6 Å². The van der Waals surface area contributed by atoms with Crippen LogP contribution >= 0.6 is 23.2 Å². The van der Waals surface area contributed by atoms with E-state index in [1.165, 1.54) is 12.1 Å². The maximum absolute atomic E-state index is 14.4. The van der Waals surface area contributed by atoms with E-state index in [-0.39, 0.29) is 85.3 Å². The van der Waals surface area contributed by atoms with Gasteiger partial charge >= 0.3 is 6.09 Å². The minimum Gasteiger partial charge on any atom is -0.487 e. The van der Waals surface area contributed by atoms with Crippen LogP contribution < -0.4 is 14.8 Å². The fourth-order valence-corrected chi connectivity index (χ4v) is 9.57. The number of benzene rings is 2. The molecule has 3 amide bonds. The Kier molecular flexibility index (Phi) is 14.3. The predicted molar refractivity (Wildman–Crippen MR) is 224 cm³/mol. The molecule has 3 aromatic rings. The Balaban J connectivity index is 1.30. The molecule has 14 nitrogen and oxygen atoms in total. The molecule has 2 aromatic carbocycles. The number of nitrogens with one attached hydrogen (secondary N) is 2. The molecule has 1 atom stereocenters. The number of ether oxygens (including phenoxy) is 3. The third-order valence-corrected chi connectivity index (χ3v) is 12.7. The molecule has 58 heavy (non-hydrogen) atoms. The maximum atomic E-state index is 14.4. The van der Waals surface area contributed by atoms with E-state index in [9.17, 15) is 22.8 Å². The highest BCUT2D eigenvalue weighted by atomic mass is 35.5. The smallest absolute Gasteiger partial charge is 0.408 e. The van der Waals surface area contributed by atoms with Gasteiger partial charge in [0.1, 0.15) is 40.0 Å². The van der Waals surface area contributed by atoms with Crippen LogP contribution in [0.15, 0.2) is 41.3 Å². The van der Waals surface area contributed by atoms with Crippen LogP contribution in [-0.2, 0) is 35.7 Å². The van der Waals surface area contributed by atoms with Crippen LogP contribution in [0.2, 0.25) is 10.0 Å². The van der Waals surface area contributed by atoms with Gasteiger partial charge in [0.05, 0.1) is 32.7 Å². The Bertz CT molecular complexity index is 2110. The number of hydrogen-bond donors (Lipinski definition) is 2. The van der Waals surface area contributed by atoms with E-state index in [2.05, 4.69) is 36.2 Å². The van der Waals surface area contributed by atoms with Gasteiger partial charge in [-0.3, -0.25) is 9.59 Å². The summed E-state index contributed by atoms with van der Waals surface area (Å²) in [5, 5.41) is 3.78. The van der Waals surface area contributed by atoms with Crippen LogP contribution in [0.4, 0.5) is 4.79 Å². The number of rotatable bonds is 13. The van der Waals surface area contributed by atoms with Gasteiger partial charge in [-0.25, -0.2) is 18.2 Å². The normalized spacial score (nSPS) is 16.9. The van der Waals surface area contributed by atoms with Crippen molar-refractivity contribution in [2.24, 2.45) is 0 Å². The van der Waals surface area contributed by atoms with Crippen molar-refractivity contribution < 1.29 is 41.5 Å². The van der Waals surface area contributed by atoms with Crippen molar-refractivity contribution in [3.8, 4) is 5.75 Å². The molecular weight excluding hydrogens is 807 g/mol. The summed E-state index contributed by atoms with van der Waals surface area (Å²) in [6, 6.07) is 9.51. The van der Waals surface area contributed by atoms with Crippen molar-refractivity contribution in [1.82, 2.24) is 24.8 Å². The number of carbonyl (C=O) groups is 3. The summed E-state index contributed by atoms with van der Waals surface area (Å²) < 4.78 is 49.1. The highest BCUT2D eigenvalue weighted by Crippen LogP contribution is 2.35. The number of pyridine rings is 1. The number of aryl methyl sites for hydroxylation is 2. The minimum atomic E-state index is -4.41. The lowest BCUT2D eigenvalue weighted by molar-refractivity contribution is -0.870. The van der Waals surface area contributed by atoms with E-state index in [4.69, 9.17) is 37.4 Å². The number of piperazine rings is 1. The molecular formula is C41H57Cl2N6O8S+. The first-order chi connectivity index (χ1) is 27.1. The topological polar surface area (TPSA) is 156 Å². The molecule has 0 unspecified atom stereocenters. The zero-order chi connectivity index (χ0) is 42.6. The summed E-state index contributed by atoms with van der Waals surface area (Å²) in [4.78, 5) is 48.6. The average molecular weight is 865 g/mol. The Morgan fingerprint density at radius 3 is 2.29 bits per heavy atom. The molecule has 1 aromatic heterocycles. The Labute approximate surface area is 352 Å². The molecule has 2 N–H and O–H groups in total. The maximum Gasteiger partial charge on any atom is 0.408 e. The monoisotopic (exact) mass is 863 g/mol. The quantitative estimate of drug-likeness (QED) is 0.209. The molecule has 0 radical (unpaired) electrons. The molecule has 2 aliphatic heterocycles. The number of hydrogen-bond acceptors (Lipinski definition) is 9. The van der Waals surface area contributed by atoms with Gasteiger partial charge in [0.25, 0.3) is 0 Å². The first-order valence-electron chi connectivity index (χ1n) is 19.6. The first kappa shape index (κ1) is 45.4. The van der Waals surface area contributed by atoms with Crippen molar-refractivity contribution in [2.45, 2.75) is 89.0 Å². The summed E-state index contributed by atoms with van der Waals surface area (Å²) in [6.45, 7) is 10.9. The number of carbonyl (C=O) groups excluding carboxylic acids is 3. The number of sulfonamides is 1. The zero-order valence-corrected chi connectivity index (χ0v) is 37.1.